The smallest absolute Gasteiger partial charge is 0.227 e. The highest BCUT2D eigenvalue weighted by Crippen LogP contribution is 2.12. The van der Waals surface area contributed by atoms with Gasteiger partial charge in [-0.2, -0.15) is 5.10 Å². The van der Waals surface area contributed by atoms with Crippen molar-refractivity contribution >= 4 is 5.91 Å². The SMILES string of the molecule is CCn1ccnc1CN1CCCN(C(=O)[C@H](C)Cn2cccn2)CC1. The van der Waals surface area contributed by atoms with Gasteiger partial charge in [-0.25, -0.2) is 4.98 Å². The van der Waals surface area contributed by atoms with Crippen LogP contribution in [-0.2, 0) is 24.4 Å². The van der Waals surface area contributed by atoms with E-state index in [4.69, 9.17) is 0 Å². The van der Waals surface area contributed by atoms with Crippen molar-refractivity contribution in [2.75, 3.05) is 26.2 Å². The van der Waals surface area contributed by atoms with Crippen LogP contribution in [0.4, 0.5) is 0 Å². The predicted octanol–water partition coefficient (Wildman–Crippen LogP) is 1.47. The molecule has 1 amide bonds. The molecular formula is C18H28N6O. The third-order valence-corrected chi connectivity index (χ3v) is 4.85. The highest BCUT2D eigenvalue weighted by Gasteiger charge is 2.24. The van der Waals surface area contributed by atoms with Gasteiger partial charge >= 0.3 is 0 Å². The summed E-state index contributed by atoms with van der Waals surface area (Å²) in [6, 6.07) is 1.89. The van der Waals surface area contributed by atoms with E-state index < -0.39 is 0 Å². The van der Waals surface area contributed by atoms with Crippen LogP contribution in [-0.4, -0.2) is 61.2 Å². The molecule has 136 valence electrons. The molecule has 1 aliphatic heterocycles. The Morgan fingerprint density at radius 2 is 2.08 bits per heavy atom. The number of amides is 1. The summed E-state index contributed by atoms with van der Waals surface area (Å²) in [5.74, 6) is 1.28. The van der Waals surface area contributed by atoms with E-state index in [1.165, 1.54) is 0 Å². The molecule has 1 aliphatic rings. The Morgan fingerprint density at radius 3 is 2.84 bits per heavy atom. The number of carbonyl (C=O) groups is 1. The maximum Gasteiger partial charge on any atom is 0.227 e. The minimum Gasteiger partial charge on any atom is -0.341 e. The van der Waals surface area contributed by atoms with Gasteiger partial charge in [0.25, 0.3) is 0 Å². The lowest BCUT2D eigenvalue weighted by atomic mass is 10.1. The lowest BCUT2D eigenvalue weighted by Gasteiger charge is -2.24. The Labute approximate surface area is 149 Å². The van der Waals surface area contributed by atoms with E-state index in [9.17, 15) is 4.79 Å². The average Bonchev–Trinajstić information content (AvgIpc) is 3.22. The number of carbonyl (C=O) groups excluding carboxylic acids is 1. The number of aryl methyl sites for hydroxylation is 1. The first kappa shape index (κ1) is 17.7. The second-order valence-corrected chi connectivity index (χ2v) is 6.71. The van der Waals surface area contributed by atoms with Crippen LogP contribution in [0.25, 0.3) is 0 Å². The fourth-order valence-electron chi connectivity index (χ4n) is 3.41. The fraction of sp³-hybridized carbons (Fsp3) is 0.611. The molecule has 0 radical (unpaired) electrons. The molecule has 0 unspecified atom stereocenters. The second kappa shape index (κ2) is 8.29. The minimum absolute atomic E-state index is 0.0505. The summed E-state index contributed by atoms with van der Waals surface area (Å²) in [5.41, 5.74) is 0. The molecule has 1 atom stereocenters. The fourth-order valence-corrected chi connectivity index (χ4v) is 3.41. The van der Waals surface area contributed by atoms with Crippen molar-refractivity contribution in [2.45, 2.75) is 39.9 Å². The van der Waals surface area contributed by atoms with Crippen LogP contribution in [0.3, 0.4) is 0 Å². The first-order valence-corrected chi connectivity index (χ1v) is 9.16. The zero-order valence-corrected chi connectivity index (χ0v) is 15.2. The molecule has 2 aromatic heterocycles. The van der Waals surface area contributed by atoms with E-state index in [1.54, 1.807) is 6.20 Å². The summed E-state index contributed by atoms with van der Waals surface area (Å²) >= 11 is 0. The zero-order chi connectivity index (χ0) is 17.6. The van der Waals surface area contributed by atoms with E-state index in [0.29, 0.717) is 6.54 Å². The minimum atomic E-state index is -0.0505. The van der Waals surface area contributed by atoms with Gasteiger partial charge in [-0.1, -0.05) is 6.92 Å². The van der Waals surface area contributed by atoms with E-state index in [0.717, 1.165) is 51.5 Å². The largest absolute Gasteiger partial charge is 0.341 e. The van der Waals surface area contributed by atoms with Gasteiger partial charge in [-0.05, 0) is 19.4 Å². The van der Waals surface area contributed by atoms with E-state index in [1.807, 2.05) is 41.2 Å². The standard InChI is InChI=1S/C18H28N6O/c1-3-22-11-7-19-17(22)15-21-8-5-9-23(13-12-21)18(25)16(2)14-24-10-4-6-20-24/h4,6-7,10-11,16H,3,5,8-9,12-15H2,1-2H3/t16-/m1/s1. The number of imidazole rings is 1. The maximum absolute atomic E-state index is 12.8. The van der Waals surface area contributed by atoms with Crippen LogP contribution < -0.4 is 0 Å². The lowest BCUT2D eigenvalue weighted by Crippen LogP contribution is -2.39. The molecule has 1 saturated heterocycles. The van der Waals surface area contributed by atoms with E-state index in [-0.39, 0.29) is 11.8 Å². The van der Waals surface area contributed by atoms with Gasteiger partial charge in [-0.3, -0.25) is 14.4 Å². The van der Waals surface area contributed by atoms with Gasteiger partial charge in [0.1, 0.15) is 5.82 Å². The van der Waals surface area contributed by atoms with Crippen LogP contribution in [0.1, 0.15) is 26.1 Å². The molecule has 0 aliphatic carbocycles. The highest BCUT2D eigenvalue weighted by atomic mass is 16.2. The molecule has 0 bridgehead atoms. The summed E-state index contributed by atoms with van der Waals surface area (Å²) < 4.78 is 4.01. The maximum atomic E-state index is 12.8. The predicted molar refractivity (Wildman–Crippen MR) is 95.8 cm³/mol. The summed E-state index contributed by atoms with van der Waals surface area (Å²) in [6.45, 7) is 10.1. The van der Waals surface area contributed by atoms with Gasteiger partial charge in [0.2, 0.25) is 5.91 Å². The number of rotatable bonds is 6. The summed E-state index contributed by atoms with van der Waals surface area (Å²) in [5, 5.41) is 4.20. The van der Waals surface area contributed by atoms with Gasteiger partial charge < -0.3 is 9.47 Å². The molecule has 0 spiro atoms. The number of aromatic nitrogens is 4. The first-order valence-electron chi connectivity index (χ1n) is 9.16. The van der Waals surface area contributed by atoms with Crippen molar-refractivity contribution in [3.8, 4) is 0 Å². The Hall–Kier alpha value is -2.15. The van der Waals surface area contributed by atoms with Crippen LogP contribution >= 0.6 is 0 Å². The van der Waals surface area contributed by atoms with Crippen LogP contribution in [0.15, 0.2) is 30.9 Å². The summed E-state index contributed by atoms with van der Waals surface area (Å²) in [7, 11) is 0. The second-order valence-electron chi connectivity index (χ2n) is 6.71. The van der Waals surface area contributed by atoms with Gasteiger partial charge in [0, 0.05) is 57.5 Å². The number of hydrogen-bond acceptors (Lipinski definition) is 4. The highest BCUT2D eigenvalue weighted by molar-refractivity contribution is 5.78. The van der Waals surface area contributed by atoms with Crippen LogP contribution in [0.5, 0.6) is 0 Å². The summed E-state index contributed by atoms with van der Waals surface area (Å²) in [6.07, 6.45) is 8.56. The van der Waals surface area contributed by atoms with Crippen molar-refractivity contribution in [1.82, 2.24) is 29.1 Å². The molecule has 7 heteroatoms. The summed E-state index contributed by atoms with van der Waals surface area (Å²) in [4.78, 5) is 21.6. The molecule has 7 nitrogen and oxygen atoms in total. The zero-order valence-electron chi connectivity index (χ0n) is 15.2. The van der Waals surface area contributed by atoms with Crippen molar-refractivity contribution in [3.05, 3.63) is 36.7 Å². The third-order valence-electron chi connectivity index (χ3n) is 4.85. The molecule has 0 saturated carbocycles. The van der Waals surface area contributed by atoms with Gasteiger partial charge in [0.05, 0.1) is 19.0 Å². The molecule has 0 aromatic carbocycles. The third kappa shape index (κ3) is 4.48. The topological polar surface area (TPSA) is 59.2 Å². The normalized spacial score (nSPS) is 17.4. The quantitative estimate of drug-likeness (QED) is 0.796. The van der Waals surface area contributed by atoms with E-state index in [2.05, 4.69) is 26.5 Å². The van der Waals surface area contributed by atoms with Crippen molar-refractivity contribution in [3.63, 3.8) is 0 Å². The molecule has 1 fully saturated rings. The molecule has 2 aromatic rings. The van der Waals surface area contributed by atoms with Crippen LogP contribution in [0, 0.1) is 5.92 Å². The Kier molecular flexibility index (Phi) is 5.86. The van der Waals surface area contributed by atoms with Gasteiger partial charge in [-0.15, -0.1) is 0 Å². The monoisotopic (exact) mass is 344 g/mol. The van der Waals surface area contributed by atoms with Crippen LogP contribution in [0.2, 0.25) is 0 Å². The molecule has 0 N–H and O–H groups in total. The van der Waals surface area contributed by atoms with Gasteiger partial charge in [0.15, 0.2) is 0 Å². The molecule has 3 heterocycles. The Bertz CT molecular complexity index is 665. The van der Waals surface area contributed by atoms with Crippen molar-refractivity contribution in [2.24, 2.45) is 5.92 Å². The Balaban J connectivity index is 1.53. The molecule has 25 heavy (non-hydrogen) atoms. The lowest BCUT2D eigenvalue weighted by molar-refractivity contribution is -0.135. The number of nitrogens with zero attached hydrogens (tertiary/aromatic N) is 6. The van der Waals surface area contributed by atoms with Crippen molar-refractivity contribution in [1.29, 1.82) is 0 Å². The molecular weight excluding hydrogens is 316 g/mol. The average molecular weight is 344 g/mol. The van der Waals surface area contributed by atoms with E-state index >= 15 is 0 Å². The Morgan fingerprint density at radius 1 is 1.20 bits per heavy atom. The first-order chi connectivity index (χ1) is 12.2. The number of hydrogen-bond donors (Lipinski definition) is 0. The van der Waals surface area contributed by atoms with Crippen molar-refractivity contribution < 1.29 is 4.79 Å². The molecule has 3 rings (SSSR count).